The van der Waals surface area contributed by atoms with E-state index in [0.717, 1.165) is 16.9 Å². The molecule has 1 amide bonds. The molecule has 0 bridgehead atoms. The van der Waals surface area contributed by atoms with Gasteiger partial charge in [-0.1, -0.05) is 6.07 Å². The minimum absolute atomic E-state index is 0.0337. The highest BCUT2D eigenvalue weighted by Gasteiger charge is 2.18. The van der Waals surface area contributed by atoms with E-state index in [1.165, 1.54) is 0 Å². The van der Waals surface area contributed by atoms with Crippen molar-refractivity contribution < 1.29 is 14.3 Å². The standard InChI is InChI=1S/C13H18N2O3/c1-17-12-3-2-10(6-11(12)7-14)8-15-4-5-18-9-13(15)16/h2-3,6H,4-5,7-9,14H2,1H3. The van der Waals surface area contributed by atoms with Gasteiger partial charge in [-0.05, 0) is 17.7 Å². The molecule has 0 radical (unpaired) electrons. The van der Waals surface area contributed by atoms with Crippen LogP contribution in [-0.4, -0.2) is 37.7 Å². The highest BCUT2D eigenvalue weighted by molar-refractivity contribution is 5.78. The van der Waals surface area contributed by atoms with Crippen molar-refractivity contribution in [1.29, 1.82) is 0 Å². The lowest BCUT2D eigenvalue weighted by atomic mass is 10.1. The summed E-state index contributed by atoms with van der Waals surface area (Å²) in [6.07, 6.45) is 0. The number of benzene rings is 1. The Bertz CT molecular complexity index is 434. The molecule has 18 heavy (non-hydrogen) atoms. The highest BCUT2D eigenvalue weighted by Crippen LogP contribution is 2.20. The number of methoxy groups -OCH3 is 1. The van der Waals surface area contributed by atoms with Gasteiger partial charge in [-0.2, -0.15) is 0 Å². The van der Waals surface area contributed by atoms with Crippen LogP contribution in [-0.2, 0) is 22.6 Å². The lowest BCUT2D eigenvalue weighted by Crippen LogP contribution is -2.40. The summed E-state index contributed by atoms with van der Waals surface area (Å²) in [6, 6.07) is 5.84. The van der Waals surface area contributed by atoms with Crippen molar-refractivity contribution in [3.63, 3.8) is 0 Å². The molecule has 1 aromatic rings. The van der Waals surface area contributed by atoms with Gasteiger partial charge in [-0.15, -0.1) is 0 Å². The second-order valence-corrected chi connectivity index (χ2v) is 4.22. The summed E-state index contributed by atoms with van der Waals surface area (Å²) in [6.45, 7) is 2.45. The predicted molar refractivity (Wildman–Crippen MR) is 67.1 cm³/mol. The van der Waals surface area contributed by atoms with Crippen molar-refractivity contribution in [2.24, 2.45) is 5.73 Å². The molecule has 1 saturated heterocycles. The van der Waals surface area contributed by atoms with Crippen LogP contribution in [0.5, 0.6) is 5.75 Å². The number of carbonyl (C=O) groups is 1. The summed E-state index contributed by atoms with van der Waals surface area (Å²) in [7, 11) is 1.62. The summed E-state index contributed by atoms with van der Waals surface area (Å²) < 4.78 is 10.3. The van der Waals surface area contributed by atoms with E-state index in [4.69, 9.17) is 15.2 Å². The van der Waals surface area contributed by atoms with Gasteiger partial charge in [0.1, 0.15) is 12.4 Å². The number of nitrogens with two attached hydrogens (primary N) is 1. The van der Waals surface area contributed by atoms with Crippen molar-refractivity contribution in [2.45, 2.75) is 13.1 Å². The second kappa shape index (κ2) is 5.84. The first-order chi connectivity index (χ1) is 8.74. The fraction of sp³-hybridized carbons (Fsp3) is 0.462. The fourth-order valence-electron chi connectivity index (χ4n) is 2.03. The predicted octanol–water partition coefficient (Wildman–Crippen LogP) is 0.513. The van der Waals surface area contributed by atoms with E-state index in [0.29, 0.717) is 26.2 Å². The van der Waals surface area contributed by atoms with E-state index >= 15 is 0 Å². The first kappa shape index (κ1) is 12.9. The second-order valence-electron chi connectivity index (χ2n) is 4.22. The quantitative estimate of drug-likeness (QED) is 0.845. The number of morpholine rings is 1. The molecule has 98 valence electrons. The molecular weight excluding hydrogens is 232 g/mol. The molecule has 0 aliphatic carbocycles. The lowest BCUT2D eigenvalue weighted by Gasteiger charge is -2.27. The minimum Gasteiger partial charge on any atom is -0.496 e. The Morgan fingerprint density at radius 1 is 1.50 bits per heavy atom. The van der Waals surface area contributed by atoms with Gasteiger partial charge in [-0.25, -0.2) is 0 Å². The summed E-state index contributed by atoms with van der Waals surface area (Å²) in [4.78, 5) is 13.4. The molecule has 1 heterocycles. The molecule has 5 nitrogen and oxygen atoms in total. The number of amides is 1. The van der Waals surface area contributed by atoms with Crippen LogP contribution in [0.4, 0.5) is 0 Å². The van der Waals surface area contributed by atoms with E-state index in [1.54, 1.807) is 12.0 Å². The molecular formula is C13H18N2O3. The van der Waals surface area contributed by atoms with Crippen LogP contribution in [0.3, 0.4) is 0 Å². The maximum Gasteiger partial charge on any atom is 0.248 e. The normalized spacial score (nSPS) is 15.9. The van der Waals surface area contributed by atoms with Crippen molar-refractivity contribution in [2.75, 3.05) is 26.9 Å². The Kier molecular flexibility index (Phi) is 4.17. The smallest absolute Gasteiger partial charge is 0.248 e. The first-order valence-corrected chi connectivity index (χ1v) is 5.96. The molecule has 1 aromatic carbocycles. The largest absolute Gasteiger partial charge is 0.496 e. The van der Waals surface area contributed by atoms with Gasteiger partial charge in [0.05, 0.1) is 13.7 Å². The van der Waals surface area contributed by atoms with Crippen LogP contribution < -0.4 is 10.5 Å². The van der Waals surface area contributed by atoms with Gasteiger partial charge in [0.2, 0.25) is 5.91 Å². The van der Waals surface area contributed by atoms with Crippen molar-refractivity contribution in [1.82, 2.24) is 4.90 Å². The third-order valence-electron chi connectivity index (χ3n) is 3.02. The van der Waals surface area contributed by atoms with Gasteiger partial charge in [-0.3, -0.25) is 4.79 Å². The molecule has 0 atom stereocenters. The maximum absolute atomic E-state index is 11.6. The van der Waals surface area contributed by atoms with Gasteiger partial charge in [0, 0.05) is 25.2 Å². The molecule has 0 spiro atoms. The minimum atomic E-state index is 0.0337. The summed E-state index contributed by atoms with van der Waals surface area (Å²) >= 11 is 0. The zero-order chi connectivity index (χ0) is 13.0. The molecule has 2 rings (SSSR count). The van der Waals surface area contributed by atoms with Gasteiger partial charge in [0.25, 0.3) is 0 Å². The molecule has 2 N–H and O–H groups in total. The lowest BCUT2D eigenvalue weighted by molar-refractivity contribution is -0.143. The summed E-state index contributed by atoms with van der Waals surface area (Å²) in [5.74, 6) is 0.820. The Hall–Kier alpha value is -1.59. The van der Waals surface area contributed by atoms with Crippen molar-refractivity contribution in [3.8, 4) is 5.75 Å². The molecule has 0 aromatic heterocycles. The van der Waals surface area contributed by atoms with Gasteiger partial charge in [0.15, 0.2) is 0 Å². The Balaban J connectivity index is 2.11. The van der Waals surface area contributed by atoms with Crippen LogP contribution in [0.1, 0.15) is 11.1 Å². The van der Waals surface area contributed by atoms with E-state index in [-0.39, 0.29) is 12.5 Å². The number of rotatable bonds is 4. The maximum atomic E-state index is 11.6. The van der Waals surface area contributed by atoms with Crippen LogP contribution >= 0.6 is 0 Å². The molecule has 0 unspecified atom stereocenters. The van der Waals surface area contributed by atoms with Crippen LogP contribution in [0, 0.1) is 0 Å². The van der Waals surface area contributed by atoms with Gasteiger partial charge < -0.3 is 20.1 Å². The van der Waals surface area contributed by atoms with E-state index in [2.05, 4.69) is 0 Å². The Morgan fingerprint density at radius 2 is 2.33 bits per heavy atom. The molecule has 0 saturated carbocycles. The summed E-state index contributed by atoms with van der Waals surface area (Å²) in [5.41, 5.74) is 7.69. The Labute approximate surface area is 106 Å². The zero-order valence-corrected chi connectivity index (χ0v) is 10.5. The van der Waals surface area contributed by atoms with E-state index in [9.17, 15) is 4.79 Å². The fourth-order valence-corrected chi connectivity index (χ4v) is 2.03. The van der Waals surface area contributed by atoms with Crippen LogP contribution in [0.15, 0.2) is 18.2 Å². The van der Waals surface area contributed by atoms with Crippen LogP contribution in [0.2, 0.25) is 0 Å². The van der Waals surface area contributed by atoms with E-state index in [1.807, 2.05) is 18.2 Å². The molecule has 1 aliphatic heterocycles. The average molecular weight is 250 g/mol. The highest BCUT2D eigenvalue weighted by atomic mass is 16.5. The molecule has 1 fully saturated rings. The van der Waals surface area contributed by atoms with Crippen molar-refractivity contribution >= 4 is 5.91 Å². The zero-order valence-electron chi connectivity index (χ0n) is 10.5. The number of ether oxygens (including phenoxy) is 2. The third kappa shape index (κ3) is 2.80. The molecule has 5 heteroatoms. The first-order valence-electron chi connectivity index (χ1n) is 5.96. The van der Waals surface area contributed by atoms with Crippen LogP contribution in [0.25, 0.3) is 0 Å². The third-order valence-corrected chi connectivity index (χ3v) is 3.02. The number of hydrogen-bond acceptors (Lipinski definition) is 4. The molecule has 1 aliphatic rings. The monoisotopic (exact) mass is 250 g/mol. The number of hydrogen-bond donors (Lipinski definition) is 1. The summed E-state index contributed by atoms with van der Waals surface area (Å²) in [5, 5.41) is 0. The van der Waals surface area contributed by atoms with Crippen molar-refractivity contribution in [3.05, 3.63) is 29.3 Å². The van der Waals surface area contributed by atoms with E-state index < -0.39 is 0 Å². The number of nitrogens with zero attached hydrogens (tertiary/aromatic N) is 1. The SMILES string of the molecule is COc1ccc(CN2CCOCC2=O)cc1CN. The van der Waals surface area contributed by atoms with Gasteiger partial charge >= 0.3 is 0 Å². The average Bonchev–Trinajstić information content (AvgIpc) is 2.41. The Morgan fingerprint density at radius 3 is 3.00 bits per heavy atom. The topological polar surface area (TPSA) is 64.8 Å². The number of carbonyl (C=O) groups excluding carboxylic acids is 1.